The summed E-state index contributed by atoms with van der Waals surface area (Å²) in [5.41, 5.74) is 3.56. The molecule has 138 valence electrons. The number of rotatable bonds is 4. The number of anilines is 1. The molecule has 0 aliphatic carbocycles. The van der Waals surface area contributed by atoms with Crippen molar-refractivity contribution < 1.29 is 0 Å². The number of fused-ring (bicyclic) bond motifs is 3. The van der Waals surface area contributed by atoms with Crippen LogP contribution in [0, 0.1) is 0 Å². The highest BCUT2D eigenvalue weighted by atomic mass is 16.1. The van der Waals surface area contributed by atoms with Crippen molar-refractivity contribution in [3.63, 3.8) is 0 Å². The Balaban J connectivity index is 1.86. The van der Waals surface area contributed by atoms with Gasteiger partial charge in [0.15, 0.2) is 11.5 Å². The second-order valence-corrected chi connectivity index (χ2v) is 6.97. The fraction of sp³-hybridized carbons (Fsp3) is 0.556. The van der Waals surface area contributed by atoms with E-state index in [0.717, 1.165) is 50.2 Å². The first-order valence-corrected chi connectivity index (χ1v) is 9.34. The van der Waals surface area contributed by atoms with Gasteiger partial charge in [-0.05, 0) is 45.8 Å². The van der Waals surface area contributed by atoms with Crippen LogP contribution in [0.3, 0.4) is 0 Å². The molecule has 3 aromatic heterocycles. The van der Waals surface area contributed by atoms with Crippen LogP contribution in [-0.4, -0.2) is 55.4 Å². The van der Waals surface area contributed by atoms with E-state index in [9.17, 15) is 4.79 Å². The molecule has 8 nitrogen and oxygen atoms in total. The molecule has 1 fully saturated rings. The van der Waals surface area contributed by atoms with Gasteiger partial charge in [0.05, 0.1) is 5.69 Å². The minimum atomic E-state index is -0.201. The minimum Gasteiger partial charge on any atom is -0.365 e. The second-order valence-electron chi connectivity index (χ2n) is 6.97. The van der Waals surface area contributed by atoms with Crippen LogP contribution >= 0.6 is 0 Å². The Morgan fingerprint density at radius 1 is 1.19 bits per heavy atom. The van der Waals surface area contributed by atoms with Crippen molar-refractivity contribution in [1.29, 1.82) is 0 Å². The van der Waals surface area contributed by atoms with Gasteiger partial charge in [-0.2, -0.15) is 0 Å². The third-order valence-electron chi connectivity index (χ3n) is 5.27. The predicted octanol–water partition coefficient (Wildman–Crippen LogP) is 1.60. The third kappa shape index (κ3) is 2.74. The van der Waals surface area contributed by atoms with Crippen molar-refractivity contribution in [1.82, 2.24) is 29.2 Å². The Bertz CT molecular complexity index is 998. The minimum absolute atomic E-state index is 0.201. The number of aromatic nitrogens is 5. The van der Waals surface area contributed by atoms with Gasteiger partial charge >= 0.3 is 0 Å². The van der Waals surface area contributed by atoms with Crippen LogP contribution in [-0.2, 0) is 12.8 Å². The number of hydrogen-bond donors (Lipinski definition) is 2. The zero-order chi connectivity index (χ0) is 18.3. The number of H-pyrrole nitrogens is 1. The molecule has 4 rings (SSSR count). The van der Waals surface area contributed by atoms with Crippen molar-refractivity contribution >= 4 is 22.6 Å². The molecule has 4 heterocycles. The van der Waals surface area contributed by atoms with Gasteiger partial charge < -0.3 is 15.2 Å². The van der Waals surface area contributed by atoms with E-state index in [1.165, 1.54) is 0 Å². The molecule has 0 bridgehead atoms. The van der Waals surface area contributed by atoms with Crippen LogP contribution in [0.25, 0.3) is 16.8 Å². The number of imidazole rings is 1. The summed E-state index contributed by atoms with van der Waals surface area (Å²) in [6.07, 6.45) is 5.25. The fourth-order valence-corrected chi connectivity index (χ4v) is 3.81. The first-order valence-electron chi connectivity index (χ1n) is 9.34. The molecule has 26 heavy (non-hydrogen) atoms. The normalized spacial score (nSPS) is 16.6. The van der Waals surface area contributed by atoms with E-state index >= 15 is 0 Å². The van der Waals surface area contributed by atoms with Crippen LogP contribution in [0.1, 0.15) is 38.1 Å². The maximum atomic E-state index is 12.6. The molecule has 8 heteroatoms. The van der Waals surface area contributed by atoms with Gasteiger partial charge in [-0.3, -0.25) is 9.20 Å². The maximum Gasteiger partial charge on any atom is 0.292 e. The summed E-state index contributed by atoms with van der Waals surface area (Å²) in [6.45, 7) is 6.25. The summed E-state index contributed by atoms with van der Waals surface area (Å²) < 4.78 is 1.90. The molecule has 0 amide bonds. The standard InChI is InChI=1S/C18H25N7O/c1-4-12-13(5-2)25-16-14(23-18(26)17(25)22-12)15(19-10-20-16)21-11-6-8-24(3)9-7-11/h10-11H,4-9H2,1-3H3,(H,23,26)(H,19,20,21). The number of aryl methyl sites for hydroxylation is 2. The molecular weight excluding hydrogens is 330 g/mol. The summed E-state index contributed by atoms with van der Waals surface area (Å²) in [6, 6.07) is 0.350. The summed E-state index contributed by atoms with van der Waals surface area (Å²) >= 11 is 0. The molecule has 0 unspecified atom stereocenters. The van der Waals surface area contributed by atoms with Crippen LogP contribution in [0.15, 0.2) is 11.1 Å². The molecular formula is C18H25N7O. The molecule has 1 aliphatic heterocycles. The van der Waals surface area contributed by atoms with Crippen molar-refractivity contribution in [2.45, 2.75) is 45.6 Å². The Kier molecular flexibility index (Phi) is 4.36. The van der Waals surface area contributed by atoms with E-state index in [1.54, 1.807) is 6.33 Å². The highest BCUT2D eigenvalue weighted by Gasteiger charge is 2.21. The maximum absolute atomic E-state index is 12.6. The van der Waals surface area contributed by atoms with E-state index in [-0.39, 0.29) is 5.56 Å². The molecule has 2 N–H and O–H groups in total. The monoisotopic (exact) mass is 355 g/mol. The van der Waals surface area contributed by atoms with Crippen molar-refractivity contribution in [3.05, 3.63) is 28.1 Å². The zero-order valence-electron chi connectivity index (χ0n) is 15.5. The summed E-state index contributed by atoms with van der Waals surface area (Å²) in [4.78, 5) is 31.3. The molecule has 3 aromatic rings. The highest BCUT2D eigenvalue weighted by Crippen LogP contribution is 2.22. The lowest BCUT2D eigenvalue weighted by Gasteiger charge is -2.29. The van der Waals surface area contributed by atoms with Gasteiger partial charge in [0.1, 0.15) is 11.8 Å². The van der Waals surface area contributed by atoms with Crippen LogP contribution in [0.2, 0.25) is 0 Å². The van der Waals surface area contributed by atoms with Crippen molar-refractivity contribution in [2.24, 2.45) is 0 Å². The van der Waals surface area contributed by atoms with Crippen LogP contribution < -0.4 is 10.9 Å². The van der Waals surface area contributed by atoms with Gasteiger partial charge in [-0.25, -0.2) is 15.0 Å². The van der Waals surface area contributed by atoms with Gasteiger partial charge in [-0.15, -0.1) is 0 Å². The van der Waals surface area contributed by atoms with Crippen LogP contribution in [0.5, 0.6) is 0 Å². The largest absolute Gasteiger partial charge is 0.365 e. The smallest absolute Gasteiger partial charge is 0.292 e. The number of nitrogens with zero attached hydrogens (tertiary/aromatic N) is 5. The number of aromatic amines is 1. The lowest BCUT2D eigenvalue weighted by Crippen LogP contribution is -2.37. The first-order chi connectivity index (χ1) is 12.6. The van der Waals surface area contributed by atoms with E-state index in [2.05, 4.69) is 51.0 Å². The van der Waals surface area contributed by atoms with E-state index < -0.39 is 0 Å². The fourth-order valence-electron chi connectivity index (χ4n) is 3.81. The Labute approximate surface area is 151 Å². The Morgan fingerprint density at radius 3 is 2.65 bits per heavy atom. The van der Waals surface area contributed by atoms with E-state index in [1.807, 2.05) is 4.40 Å². The third-order valence-corrected chi connectivity index (χ3v) is 5.27. The Hall–Kier alpha value is -2.48. The summed E-state index contributed by atoms with van der Waals surface area (Å²) in [5.74, 6) is 0.692. The molecule has 0 saturated carbocycles. The molecule has 0 spiro atoms. The molecule has 1 aliphatic rings. The van der Waals surface area contributed by atoms with Gasteiger partial charge in [0.2, 0.25) is 5.65 Å². The summed E-state index contributed by atoms with van der Waals surface area (Å²) in [7, 11) is 2.14. The molecule has 0 radical (unpaired) electrons. The lowest BCUT2D eigenvalue weighted by atomic mass is 10.1. The topological polar surface area (TPSA) is 91.2 Å². The average molecular weight is 355 g/mol. The van der Waals surface area contributed by atoms with E-state index in [0.29, 0.717) is 28.7 Å². The number of piperidine rings is 1. The molecule has 1 saturated heterocycles. The molecule has 0 atom stereocenters. The lowest BCUT2D eigenvalue weighted by molar-refractivity contribution is 0.263. The average Bonchev–Trinajstić information content (AvgIpc) is 3.04. The van der Waals surface area contributed by atoms with Crippen molar-refractivity contribution in [3.8, 4) is 0 Å². The van der Waals surface area contributed by atoms with Crippen LogP contribution in [0.4, 0.5) is 5.82 Å². The number of nitrogens with one attached hydrogen (secondary N) is 2. The Morgan fingerprint density at radius 2 is 1.96 bits per heavy atom. The summed E-state index contributed by atoms with van der Waals surface area (Å²) in [5, 5.41) is 3.51. The molecule has 0 aromatic carbocycles. The predicted molar refractivity (Wildman–Crippen MR) is 102 cm³/mol. The SMILES string of the molecule is CCc1nc2c(=O)[nH]c3c(NC4CCN(C)CC4)ncnc3n2c1CC. The van der Waals surface area contributed by atoms with Gasteiger partial charge in [0.25, 0.3) is 5.56 Å². The van der Waals surface area contributed by atoms with Crippen molar-refractivity contribution in [2.75, 3.05) is 25.5 Å². The van der Waals surface area contributed by atoms with Gasteiger partial charge in [-0.1, -0.05) is 13.8 Å². The quantitative estimate of drug-likeness (QED) is 0.739. The number of likely N-dealkylation sites (tertiary alicyclic amines) is 1. The zero-order valence-corrected chi connectivity index (χ0v) is 15.5. The highest BCUT2D eigenvalue weighted by molar-refractivity contribution is 5.84. The number of hydrogen-bond acceptors (Lipinski definition) is 6. The second kappa shape index (κ2) is 6.68. The van der Waals surface area contributed by atoms with E-state index in [4.69, 9.17) is 0 Å². The first kappa shape index (κ1) is 17.0. The van der Waals surface area contributed by atoms with Gasteiger partial charge in [0, 0.05) is 11.7 Å².